The van der Waals surface area contributed by atoms with Crippen molar-refractivity contribution in [1.29, 1.82) is 0 Å². The van der Waals surface area contributed by atoms with Gasteiger partial charge in [0, 0.05) is 20.0 Å². The summed E-state index contributed by atoms with van der Waals surface area (Å²) in [6, 6.07) is 22.4. The van der Waals surface area contributed by atoms with E-state index >= 15 is 0 Å². The van der Waals surface area contributed by atoms with Crippen molar-refractivity contribution < 1.29 is 22.4 Å². The Morgan fingerprint density at radius 1 is 0.886 bits per heavy atom. The minimum absolute atomic E-state index is 0.103. The van der Waals surface area contributed by atoms with Crippen molar-refractivity contribution in [3.8, 4) is 0 Å². The molecule has 184 valence electrons. The van der Waals surface area contributed by atoms with E-state index in [0.717, 1.165) is 33.8 Å². The number of hydrogen-bond acceptors (Lipinski definition) is 4. The maximum atomic E-state index is 13.7. The number of anilines is 1. The minimum atomic E-state index is -3.88. The summed E-state index contributed by atoms with van der Waals surface area (Å²) >= 11 is 0. The van der Waals surface area contributed by atoms with Crippen LogP contribution in [0.25, 0.3) is 0 Å². The van der Waals surface area contributed by atoms with E-state index in [2.05, 4.69) is 5.32 Å². The minimum Gasteiger partial charge on any atom is -0.357 e. The number of benzene rings is 3. The van der Waals surface area contributed by atoms with E-state index in [4.69, 9.17) is 0 Å². The summed E-state index contributed by atoms with van der Waals surface area (Å²) in [5, 5.41) is 2.62. The van der Waals surface area contributed by atoms with Gasteiger partial charge in [0.15, 0.2) is 0 Å². The van der Waals surface area contributed by atoms with E-state index in [1.807, 2.05) is 60.7 Å². The zero-order valence-corrected chi connectivity index (χ0v) is 20.4. The highest BCUT2D eigenvalue weighted by Gasteiger charge is 2.32. The average molecular weight is 498 g/mol. The number of amides is 2. The molecule has 3 aromatic rings. The highest BCUT2D eigenvalue weighted by Crippen LogP contribution is 2.20. The maximum absolute atomic E-state index is 13.7. The van der Waals surface area contributed by atoms with E-state index < -0.39 is 34.3 Å². The monoisotopic (exact) mass is 497 g/mol. The van der Waals surface area contributed by atoms with E-state index in [1.54, 1.807) is 0 Å². The Labute approximate surface area is 205 Å². The highest BCUT2D eigenvalue weighted by molar-refractivity contribution is 7.92. The van der Waals surface area contributed by atoms with E-state index in [0.29, 0.717) is 0 Å². The predicted molar refractivity (Wildman–Crippen MR) is 134 cm³/mol. The SMILES string of the molecule is CNC(=O)[C@H](Cc1ccccc1)N(Cc1ccccc1)C(=O)CN(c1ccc(F)cc1)S(C)(=O)=O. The fourth-order valence-corrected chi connectivity index (χ4v) is 4.57. The van der Waals surface area contributed by atoms with Crippen molar-refractivity contribution in [3.05, 3.63) is 102 Å². The Hall–Kier alpha value is -3.72. The molecule has 0 unspecified atom stereocenters. The van der Waals surface area contributed by atoms with Crippen molar-refractivity contribution in [3.63, 3.8) is 0 Å². The molecule has 9 heteroatoms. The van der Waals surface area contributed by atoms with Gasteiger partial charge in [-0.1, -0.05) is 60.7 Å². The van der Waals surface area contributed by atoms with Crippen molar-refractivity contribution >= 4 is 27.5 Å². The summed E-state index contributed by atoms with van der Waals surface area (Å²) in [6.07, 6.45) is 1.22. The highest BCUT2D eigenvalue weighted by atomic mass is 32.2. The molecule has 1 atom stereocenters. The van der Waals surface area contributed by atoms with E-state index in [-0.39, 0.29) is 24.6 Å². The summed E-state index contributed by atoms with van der Waals surface area (Å²) in [7, 11) is -2.39. The van der Waals surface area contributed by atoms with Crippen LogP contribution in [0.3, 0.4) is 0 Å². The van der Waals surface area contributed by atoms with Gasteiger partial charge >= 0.3 is 0 Å². The van der Waals surface area contributed by atoms with Crippen molar-refractivity contribution in [1.82, 2.24) is 10.2 Å². The predicted octanol–water partition coefficient (Wildman–Crippen LogP) is 2.98. The number of likely N-dealkylation sites (N-methyl/N-ethyl adjacent to an activating group) is 1. The first-order chi connectivity index (χ1) is 16.7. The van der Waals surface area contributed by atoms with Crippen LogP contribution in [-0.2, 0) is 32.6 Å². The molecule has 0 saturated carbocycles. The second kappa shape index (κ2) is 11.6. The normalized spacial score (nSPS) is 12.0. The molecule has 7 nitrogen and oxygen atoms in total. The number of hydrogen-bond donors (Lipinski definition) is 1. The van der Waals surface area contributed by atoms with Crippen LogP contribution in [0.15, 0.2) is 84.9 Å². The topological polar surface area (TPSA) is 86.8 Å². The Morgan fingerprint density at radius 3 is 1.94 bits per heavy atom. The molecule has 0 aliphatic heterocycles. The molecule has 0 fully saturated rings. The summed E-state index contributed by atoms with van der Waals surface area (Å²) < 4.78 is 39.5. The summed E-state index contributed by atoms with van der Waals surface area (Å²) in [6.45, 7) is -0.439. The second-order valence-corrected chi connectivity index (χ2v) is 9.98. The van der Waals surface area contributed by atoms with Crippen molar-refractivity contribution in [2.45, 2.75) is 19.0 Å². The van der Waals surface area contributed by atoms with Gasteiger partial charge in [-0.25, -0.2) is 12.8 Å². The van der Waals surface area contributed by atoms with Gasteiger partial charge in [0.2, 0.25) is 21.8 Å². The van der Waals surface area contributed by atoms with Crippen LogP contribution in [-0.4, -0.2) is 51.0 Å². The maximum Gasteiger partial charge on any atom is 0.244 e. The molecule has 0 radical (unpaired) electrons. The smallest absolute Gasteiger partial charge is 0.244 e. The number of rotatable bonds is 10. The Morgan fingerprint density at radius 2 is 1.43 bits per heavy atom. The molecular weight excluding hydrogens is 469 g/mol. The molecule has 0 heterocycles. The zero-order valence-electron chi connectivity index (χ0n) is 19.6. The van der Waals surface area contributed by atoms with Gasteiger partial charge in [-0.3, -0.25) is 13.9 Å². The summed E-state index contributed by atoms with van der Waals surface area (Å²) in [4.78, 5) is 28.0. The van der Waals surface area contributed by atoms with Gasteiger partial charge in [-0.15, -0.1) is 0 Å². The Balaban J connectivity index is 1.99. The van der Waals surface area contributed by atoms with Gasteiger partial charge in [0.25, 0.3) is 0 Å². The lowest BCUT2D eigenvalue weighted by molar-refractivity contribution is -0.139. The molecule has 0 aliphatic carbocycles. The van der Waals surface area contributed by atoms with Gasteiger partial charge < -0.3 is 10.2 Å². The molecular formula is C26H28FN3O4S. The largest absolute Gasteiger partial charge is 0.357 e. The summed E-state index contributed by atoms with van der Waals surface area (Å²) in [5.74, 6) is -1.46. The molecule has 0 bridgehead atoms. The lowest BCUT2D eigenvalue weighted by Gasteiger charge is -2.33. The van der Waals surface area contributed by atoms with E-state index in [1.165, 1.54) is 24.1 Å². The Bertz CT molecular complexity index is 1240. The summed E-state index contributed by atoms with van der Waals surface area (Å²) in [5.41, 5.74) is 1.79. The number of halogens is 1. The first-order valence-corrected chi connectivity index (χ1v) is 12.9. The first-order valence-electron chi connectivity index (χ1n) is 11.0. The van der Waals surface area contributed by atoms with Gasteiger partial charge in [-0.2, -0.15) is 0 Å². The van der Waals surface area contributed by atoms with Gasteiger partial charge in [0.1, 0.15) is 18.4 Å². The second-order valence-electron chi connectivity index (χ2n) is 8.07. The molecule has 35 heavy (non-hydrogen) atoms. The van der Waals surface area contributed by atoms with Crippen LogP contribution in [0.4, 0.5) is 10.1 Å². The van der Waals surface area contributed by atoms with Crippen LogP contribution >= 0.6 is 0 Å². The van der Waals surface area contributed by atoms with Crippen molar-refractivity contribution in [2.24, 2.45) is 0 Å². The van der Waals surface area contributed by atoms with Crippen LogP contribution in [0.1, 0.15) is 11.1 Å². The lowest BCUT2D eigenvalue weighted by atomic mass is 10.0. The van der Waals surface area contributed by atoms with Gasteiger partial charge in [-0.05, 0) is 35.4 Å². The quantitative estimate of drug-likeness (QED) is 0.467. The number of nitrogens with zero attached hydrogens (tertiary/aromatic N) is 2. The van der Waals surface area contributed by atoms with Crippen LogP contribution in [0.5, 0.6) is 0 Å². The van der Waals surface area contributed by atoms with Crippen LogP contribution < -0.4 is 9.62 Å². The molecule has 3 rings (SSSR count). The number of sulfonamides is 1. The number of nitrogens with one attached hydrogen (secondary N) is 1. The zero-order chi connectivity index (χ0) is 25.4. The Kier molecular flexibility index (Phi) is 8.59. The molecule has 0 aliphatic rings. The average Bonchev–Trinajstić information content (AvgIpc) is 2.85. The first kappa shape index (κ1) is 25.9. The fraction of sp³-hybridized carbons (Fsp3) is 0.231. The fourth-order valence-electron chi connectivity index (χ4n) is 3.72. The number of carbonyl (C=O) groups is 2. The van der Waals surface area contributed by atoms with E-state index in [9.17, 15) is 22.4 Å². The molecule has 0 spiro atoms. The third-order valence-electron chi connectivity index (χ3n) is 5.51. The number of carbonyl (C=O) groups excluding carboxylic acids is 2. The molecule has 0 aromatic heterocycles. The van der Waals surface area contributed by atoms with Crippen LogP contribution in [0, 0.1) is 5.82 Å². The molecule has 1 N–H and O–H groups in total. The molecule has 3 aromatic carbocycles. The molecule has 0 saturated heterocycles. The standard InChI is InChI=1S/C26H28FN3O4S/c1-28-26(32)24(17-20-9-5-3-6-10-20)29(18-21-11-7-4-8-12-21)25(31)19-30(35(2,33)34)23-15-13-22(27)14-16-23/h3-16,24H,17-19H2,1-2H3,(H,28,32)/t24-/m0/s1. The molecule has 2 amide bonds. The third-order valence-corrected chi connectivity index (χ3v) is 6.65. The van der Waals surface area contributed by atoms with Gasteiger partial charge in [0.05, 0.1) is 11.9 Å². The third kappa shape index (κ3) is 7.13. The van der Waals surface area contributed by atoms with Crippen molar-refractivity contribution in [2.75, 3.05) is 24.2 Å². The lowest BCUT2D eigenvalue weighted by Crippen LogP contribution is -2.52. The van der Waals surface area contributed by atoms with Crippen LogP contribution in [0.2, 0.25) is 0 Å².